The van der Waals surface area contributed by atoms with Crippen LogP contribution in [-0.4, -0.2) is 57.4 Å². The molecule has 0 spiro atoms. The molecule has 3 N–H and O–H groups in total. The predicted octanol–water partition coefficient (Wildman–Crippen LogP) is 4.57. The quantitative estimate of drug-likeness (QED) is 0.208. The molecule has 1 aromatic heterocycles. The van der Waals surface area contributed by atoms with Gasteiger partial charge in [0.1, 0.15) is 11.5 Å². The molecular weight excluding hydrogens is 541 g/mol. The summed E-state index contributed by atoms with van der Waals surface area (Å²) in [5.41, 5.74) is 3.64. The Hall–Kier alpha value is -2.62. The fourth-order valence-corrected chi connectivity index (χ4v) is 4.40. The summed E-state index contributed by atoms with van der Waals surface area (Å²) in [6.07, 6.45) is 5.11. The average molecular weight is 578 g/mol. The van der Waals surface area contributed by atoms with Crippen molar-refractivity contribution < 1.29 is 9.47 Å². The van der Waals surface area contributed by atoms with Crippen LogP contribution in [0.3, 0.4) is 0 Å². The van der Waals surface area contributed by atoms with E-state index in [4.69, 9.17) is 14.5 Å². The molecule has 1 aliphatic heterocycles. The highest BCUT2D eigenvalue weighted by Gasteiger charge is 2.21. The minimum Gasteiger partial charge on any atom is -0.497 e. The molecule has 0 atom stereocenters. The number of hydrogen-bond acceptors (Lipinski definition) is 4. The maximum Gasteiger partial charge on any atom is 0.191 e. The summed E-state index contributed by atoms with van der Waals surface area (Å²) in [5.74, 6) is 2.54. The molecule has 0 saturated carbocycles. The van der Waals surface area contributed by atoms with Gasteiger partial charge in [-0.2, -0.15) is 0 Å². The molecule has 0 unspecified atom stereocenters. The summed E-state index contributed by atoms with van der Waals surface area (Å²) >= 11 is 0. The molecule has 1 fully saturated rings. The van der Waals surface area contributed by atoms with E-state index in [1.807, 2.05) is 6.07 Å². The lowest BCUT2D eigenvalue weighted by Gasteiger charge is -2.34. The second-order valence-corrected chi connectivity index (χ2v) is 8.35. The van der Waals surface area contributed by atoms with E-state index in [9.17, 15) is 0 Å². The molecule has 184 valence electrons. The number of anilines is 1. The number of guanidine groups is 1. The predicted molar refractivity (Wildman–Crippen MR) is 151 cm³/mol. The Labute approximate surface area is 219 Å². The smallest absolute Gasteiger partial charge is 0.191 e. The van der Waals surface area contributed by atoms with Crippen LogP contribution in [0.1, 0.15) is 25.3 Å². The highest BCUT2D eigenvalue weighted by molar-refractivity contribution is 14.0. The van der Waals surface area contributed by atoms with E-state index in [2.05, 4.69) is 70.0 Å². The SMILES string of the molecule is CCNC(=NCCc1c[nH]c2ccccc12)NC1CCN(c2cc(OC)cc(OC)c2)CC1.I. The maximum absolute atomic E-state index is 5.43. The Morgan fingerprint density at radius 3 is 2.47 bits per heavy atom. The minimum atomic E-state index is 0. The highest BCUT2D eigenvalue weighted by atomic mass is 127. The lowest BCUT2D eigenvalue weighted by molar-refractivity contribution is 0.393. The van der Waals surface area contributed by atoms with Gasteiger partial charge in [-0.15, -0.1) is 24.0 Å². The normalized spacial score (nSPS) is 14.6. The number of hydrogen-bond donors (Lipinski definition) is 3. The Balaban J connectivity index is 0.00000324. The van der Waals surface area contributed by atoms with Gasteiger partial charge in [-0.05, 0) is 37.8 Å². The van der Waals surface area contributed by atoms with Gasteiger partial charge in [0.25, 0.3) is 0 Å². The average Bonchev–Trinajstić information content (AvgIpc) is 3.27. The van der Waals surface area contributed by atoms with E-state index in [0.29, 0.717) is 6.04 Å². The van der Waals surface area contributed by atoms with Crippen LogP contribution in [-0.2, 0) is 6.42 Å². The summed E-state index contributed by atoms with van der Waals surface area (Å²) in [6.45, 7) is 5.65. The van der Waals surface area contributed by atoms with Gasteiger partial charge in [-0.25, -0.2) is 0 Å². The lowest BCUT2D eigenvalue weighted by Crippen LogP contribution is -2.48. The lowest BCUT2D eigenvalue weighted by atomic mass is 10.0. The number of rotatable bonds is 8. The Morgan fingerprint density at radius 1 is 1.09 bits per heavy atom. The number of piperidine rings is 1. The number of aromatic nitrogens is 1. The topological polar surface area (TPSA) is 73.9 Å². The number of benzene rings is 2. The van der Waals surface area contributed by atoms with Crippen molar-refractivity contribution in [1.29, 1.82) is 0 Å². The summed E-state index contributed by atoms with van der Waals surface area (Å²) in [6, 6.07) is 14.9. The molecule has 0 bridgehead atoms. The molecule has 2 heterocycles. The fourth-order valence-electron chi connectivity index (χ4n) is 4.40. The highest BCUT2D eigenvalue weighted by Crippen LogP contribution is 2.30. The molecule has 0 radical (unpaired) electrons. The number of para-hydroxylation sites is 1. The number of nitrogens with zero attached hydrogens (tertiary/aromatic N) is 2. The number of H-pyrrole nitrogens is 1. The van der Waals surface area contributed by atoms with Crippen molar-refractivity contribution in [1.82, 2.24) is 15.6 Å². The largest absolute Gasteiger partial charge is 0.497 e. The third kappa shape index (κ3) is 6.49. The van der Waals surface area contributed by atoms with Crippen molar-refractivity contribution in [3.05, 3.63) is 54.2 Å². The molecule has 0 amide bonds. The molecule has 0 aliphatic carbocycles. The number of nitrogens with one attached hydrogen (secondary N) is 3. The molecule has 8 heteroatoms. The van der Waals surface area contributed by atoms with Gasteiger partial charge in [0, 0.05) is 73.2 Å². The fraction of sp³-hybridized carbons (Fsp3) is 0.423. The first-order valence-corrected chi connectivity index (χ1v) is 11.8. The van der Waals surface area contributed by atoms with Crippen molar-refractivity contribution in [2.75, 3.05) is 45.3 Å². The van der Waals surface area contributed by atoms with Crippen LogP contribution in [0.5, 0.6) is 11.5 Å². The molecule has 4 rings (SSSR count). The first-order chi connectivity index (χ1) is 16.2. The van der Waals surface area contributed by atoms with Crippen molar-refractivity contribution in [3.63, 3.8) is 0 Å². The number of methoxy groups -OCH3 is 2. The van der Waals surface area contributed by atoms with E-state index in [-0.39, 0.29) is 24.0 Å². The monoisotopic (exact) mass is 577 g/mol. The second kappa shape index (κ2) is 12.7. The summed E-state index contributed by atoms with van der Waals surface area (Å²) in [4.78, 5) is 10.6. The zero-order valence-electron chi connectivity index (χ0n) is 20.3. The zero-order valence-corrected chi connectivity index (χ0v) is 22.6. The number of fused-ring (bicyclic) bond motifs is 1. The van der Waals surface area contributed by atoms with E-state index >= 15 is 0 Å². The summed E-state index contributed by atoms with van der Waals surface area (Å²) < 4.78 is 10.9. The first kappa shape index (κ1) is 26.0. The first-order valence-electron chi connectivity index (χ1n) is 11.8. The van der Waals surface area contributed by atoms with E-state index < -0.39 is 0 Å². The van der Waals surface area contributed by atoms with Gasteiger partial charge < -0.3 is 30.0 Å². The minimum absolute atomic E-state index is 0. The van der Waals surface area contributed by atoms with Crippen LogP contribution in [0.15, 0.2) is 53.7 Å². The van der Waals surface area contributed by atoms with Gasteiger partial charge in [0.05, 0.1) is 14.2 Å². The number of aliphatic imine (C=N–C) groups is 1. The van der Waals surface area contributed by atoms with E-state index in [0.717, 1.165) is 68.6 Å². The van der Waals surface area contributed by atoms with Gasteiger partial charge >= 0.3 is 0 Å². The molecule has 7 nitrogen and oxygen atoms in total. The maximum atomic E-state index is 5.43. The summed E-state index contributed by atoms with van der Waals surface area (Å²) in [5, 5.41) is 8.34. The number of halogens is 1. The number of aromatic amines is 1. The van der Waals surface area contributed by atoms with E-state index in [1.54, 1.807) is 14.2 Å². The molecule has 34 heavy (non-hydrogen) atoms. The Kier molecular flexibility index (Phi) is 9.74. The van der Waals surface area contributed by atoms with Gasteiger partial charge in [0.2, 0.25) is 0 Å². The van der Waals surface area contributed by atoms with Crippen LogP contribution < -0.4 is 25.0 Å². The van der Waals surface area contributed by atoms with Crippen molar-refractivity contribution >= 4 is 46.5 Å². The van der Waals surface area contributed by atoms with Crippen LogP contribution in [0.25, 0.3) is 10.9 Å². The van der Waals surface area contributed by atoms with E-state index in [1.165, 1.54) is 16.5 Å². The van der Waals surface area contributed by atoms with Crippen LogP contribution >= 0.6 is 24.0 Å². The molecular formula is C26H36IN5O2. The number of ether oxygens (including phenoxy) is 2. The van der Waals surface area contributed by atoms with Crippen molar-refractivity contribution in [3.8, 4) is 11.5 Å². The molecule has 1 aliphatic rings. The van der Waals surface area contributed by atoms with Gasteiger partial charge in [-0.1, -0.05) is 18.2 Å². The Morgan fingerprint density at radius 2 is 1.79 bits per heavy atom. The standard InChI is InChI=1S/C26H35N5O2.HI/c1-4-27-26(28-12-9-19-18-29-25-8-6-5-7-24(19)25)30-20-10-13-31(14-11-20)21-15-22(32-2)17-23(16-21)33-3;/h5-8,15-18,20,29H,4,9-14H2,1-3H3,(H2,27,28,30);1H. The Bertz CT molecular complexity index is 1050. The van der Waals surface area contributed by atoms with Gasteiger partial charge in [0.15, 0.2) is 5.96 Å². The zero-order chi connectivity index (χ0) is 23.0. The summed E-state index contributed by atoms with van der Waals surface area (Å²) in [7, 11) is 3.38. The van der Waals surface area contributed by atoms with Crippen LogP contribution in [0.4, 0.5) is 5.69 Å². The second-order valence-electron chi connectivity index (χ2n) is 8.35. The van der Waals surface area contributed by atoms with Crippen molar-refractivity contribution in [2.45, 2.75) is 32.2 Å². The molecule has 1 saturated heterocycles. The van der Waals surface area contributed by atoms with Crippen LogP contribution in [0.2, 0.25) is 0 Å². The molecule has 2 aromatic carbocycles. The third-order valence-electron chi connectivity index (χ3n) is 6.21. The van der Waals surface area contributed by atoms with Gasteiger partial charge in [-0.3, -0.25) is 4.99 Å². The van der Waals surface area contributed by atoms with Crippen molar-refractivity contribution in [2.24, 2.45) is 4.99 Å². The van der Waals surface area contributed by atoms with Crippen LogP contribution in [0, 0.1) is 0 Å². The molecule has 3 aromatic rings. The third-order valence-corrected chi connectivity index (χ3v) is 6.21.